The Morgan fingerprint density at radius 3 is 2.60 bits per heavy atom. The van der Waals surface area contributed by atoms with Gasteiger partial charge in [0.25, 0.3) is 0 Å². The minimum atomic E-state index is -0.107. The Morgan fingerprint density at radius 2 is 1.87 bits per heavy atom. The number of anilines is 4. The van der Waals surface area contributed by atoms with Crippen LogP contribution in [0.4, 0.5) is 23.0 Å². The van der Waals surface area contributed by atoms with Crippen LogP contribution in [0.15, 0.2) is 30.5 Å². The number of aromatic nitrogens is 4. The molecule has 0 radical (unpaired) electrons. The van der Waals surface area contributed by atoms with Crippen LogP contribution in [-0.4, -0.2) is 57.8 Å². The van der Waals surface area contributed by atoms with Crippen molar-refractivity contribution in [3.8, 4) is 0 Å². The van der Waals surface area contributed by atoms with E-state index in [-0.39, 0.29) is 11.4 Å². The number of rotatable bonds is 2. The molecule has 1 aromatic carbocycles. The highest BCUT2D eigenvalue weighted by Crippen LogP contribution is 2.38. The third-order valence-electron chi connectivity index (χ3n) is 6.12. The fourth-order valence-electron chi connectivity index (χ4n) is 4.28. The van der Waals surface area contributed by atoms with Gasteiger partial charge in [0.2, 0.25) is 5.91 Å². The molecule has 2 aromatic heterocycles. The molecule has 1 fully saturated rings. The second-order valence-electron chi connectivity index (χ2n) is 8.42. The average Bonchev–Trinajstić information content (AvgIpc) is 3.16. The van der Waals surface area contributed by atoms with Crippen LogP contribution in [0.1, 0.15) is 26.7 Å². The lowest BCUT2D eigenvalue weighted by molar-refractivity contribution is -0.116. The normalized spacial score (nSPS) is 18.6. The molecule has 1 saturated heterocycles. The van der Waals surface area contributed by atoms with Gasteiger partial charge in [-0.2, -0.15) is 5.10 Å². The number of para-hydroxylation sites is 2. The van der Waals surface area contributed by atoms with E-state index in [2.05, 4.69) is 26.9 Å². The smallest absolute Gasteiger partial charge is 0.223 e. The molecule has 5 rings (SSSR count). The SMILES string of the molecule is CC(=O)N1CCN(c2n[nH]c3nc(N4CCC(C)(N)CC4)cnc23)c2ccccc21. The van der Waals surface area contributed by atoms with Crippen LogP contribution in [0.25, 0.3) is 11.2 Å². The second kappa shape index (κ2) is 6.94. The lowest BCUT2D eigenvalue weighted by atomic mass is 9.91. The van der Waals surface area contributed by atoms with Gasteiger partial charge < -0.3 is 20.4 Å². The number of hydrogen-bond donors (Lipinski definition) is 2. The van der Waals surface area contributed by atoms with Crippen molar-refractivity contribution < 1.29 is 4.79 Å². The Kier molecular flexibility index (Phi) is 4.35. The zero-order chi connectivity index (χ0) is 20.9. The molecule has 0 atom stereocenters. The first-order valence-electron chi connectivity index (χ1n) is 10.3. The summed E-state index contributed by atoms with van der Waals surface area (Å²) in [6.45, 7) is 6.67. The van der Waals surface area contributed by atoms with Crippen molar-refractivity contribution in [1.29, 1.82) is 0 Å². The third-order valence-corrected chi connectivity index (χ3v) is 6.12. The van der Waals surface area contributed by atoms with Gasteiger partial charge in [0, 0.05) is 38.6 Å². The molecule has 156 valence electrons. The lowest BCUT2D eigenvalue weighted by Gasteiger charge is -2.37. The number of hydrogen-bond acceptors (Lipinski definition) is 7. The highest BCUT2D eigenvalue weighted by molar-refractivity contribution is 5.99. The lowest BCUT2D eigenvalue weighted by Crippen LogP contribution is -2.48. The molecule has 0 saturated carbocycles. The van der Waals surface area contributed by atoms with Gasteiger partial charge >= 0.3 is 0 Å². The summed E-state index contributed by atoms with van der Waals surface area (Å²) in [5.74, 6) is 1.61. The first-order valence-corrected chi connectivity index (χ1v) is 10.3. The van der Waals surface area contributed by atoms with Crippen molar-refractivity contribution in [2.45, 2.75) is 32.2 Å². The van der Waals surface area contributed by atoms with Gasteiger partial charge in [-0.1, -0.05) is 12.1 Å². The molecule has 2 aliphatic heterocycles. The number of H-pyrrole nitrogens is 1. The monoisotopic (exact) mass is 406 g/mol. The first-order chi connectivity index (χ1) is 14.4. The zero-order valence-electron chi connectivity index (χ0n) is 17.3. The highest BCUT2D eigenvalue weighted by atomic mass is 16.2. The van der Waals surface area contributed by atoms with E-state index >= 15 is 0 Å². The Labute approximate surface area is 174 Å². The summed E-state index contributed by atoms with van der Waals surface area (Å²) in [6, 6.07) is 7.88. The predicted molar refractivity (Wildman–Crippen MR) is 117 cm³/mol. The summed E-state index contributed by atoms with van der Waals surface area (Å²) in [5.41, 5.74) is 9.36. The molecular weight excluding hydrogens is 380 g/mol. The molecular formula is C21H26N8O. The van der Waals surface area contributed by atoms with Crippen LogP contribution in [0.3, 0.4) is 0 Å². The number of fused-ring (bicyclic) bond motifs is 2. The molecule has 4 heterocycles. The number of aromatic amines is 1. The molecule has 0 unspecified atom stereocenters. The standard InChI is InChI=1S/C21H26N8O/c1-14(30)28-11-12-29(16-6-4-3-5-15(16)28)20-18-19(25-26-20)24-17(13-23-18)27-9-7-21(2,22)8-10-27/h3-6,13H,7-12,22H2,1-2H3,(H,24,25,26). The average molecular weight is 406 g/mol. The molecule has 1 amide bonds. The van der Waals surface area contributed by atoms with E-state index < -0.39 is 0 Å². The van der Waals surface area contributed by atoms with Gasteiger partial charge in [-0.05, 0) is 31.9 Å². The minimum Gasteiger partial charge on any atom is -0.355 e. The Hall–Kier alpha value is -3.20. The van der Waals surface area contributed by atoms with Crippen molar-refractivity contribution >= 4 is 40.1 Å². The Morgan fingerprint density at radius 1 is 1.13 bits per heavy atom. The maximum Gasteiger partial charge on any atom is 0.223 e. The summed E-state index contributed by atoms with van der Waals surface area (Å²) < 4.78 is 0. The molecule has 0 aliphatic carbocycles. The van der Waals surface area contributed by atoms with Crippen molar-refractivity contribution in [3.63, 3.8) is 0 Å². The second-order valence-corrected chi connectivity index (χ2v) is 8.42. The van der Waals surface area contributed by atoms with E-state index in [1.807, 2.05) is 30.5 Å². The van der Waals surface area contributed by atoms with Gasteiger partial charge in [-0.25, -0.2) is 9.97 Å². The van der Waals surface area contributed by atoms with Crippen LogP contribution in [0, 0.1) is 0 Å². The van der Waals surface area contributed by atoms with Crippen molar-refractivity contribution in [1.82, 2.24) is 20.2 Å². The Bertz CT molecular complexity index is 1100. The van der Waals surface area contributed by atoms with Crippen LogP contribution < -0.4 is 20.4 Å². The van der Waals surface area contributed by atoms with Crippen LogP contribution in [-0.2, 0) is 4.79 Å². The van der Waals surface area contributed by atoms with Gasteiger partial charge in [-0.15, -0.1) is 0 Å². The number of carbonyl (C=O) groups is 1. The summed E-state index contributed by atoms with van der Waals surface area (Å²) in [5, 5.41) is 7.58. The maximum atomic E-state index is 12.0. The Balaban J connectivity index is 1.47. The number of nitrogens with zero attached hydrogens (tertiary/aromatic N) is 6. The van der Waals surface area contributed by atoms with Gasteiger partial charge in [0.15, 0.2) is 17.0 Å². The van der Waals surface area contributed by atoms with Gasteiger partial charge in [0.05, 0.1) is 17.6 Å². The number of nitrogens with one attached hydrogen (secondary N) is 1. The van der Waals surface area contributed by atoms with Gasteiger partial charge in [-0.3, -0.25) is 9.89 Å². The summed E-state index contributed by atoms with van der Waals surface area (Å²) >= 11 is 0. The quantitative estimate of drug-likeness (QED) is 0.672. The largest absolute Gasteiger partial charge is 0.355 e. The molecule has 2 aliphatic rings. The molecule has 9 nitrogen and oxygen atoms in total. The first kappa shape index (κ1) is 18.8. The molecule has 0 bridgehead atoms. The minimum absolute atomic E-state index is 0.0357. The summed E-state index contributed by atoms with van der Waals surface area (Å²) in [6.07, 6.45) is 3.68. The molecule has 9 heteroatoms. The molecule has 3 N–H and O–H groups in total. The number of benzene rings is 1. The van der Waals surface area contributed by atoms with E-state index in [1.165, 1.54) is 0 Å². The van der Waals surface area contributed by atoms with E-state index in [1.54, 1.807) is 11.8 Å². The fraction of sp³-hybridized carbons (Fsp3) is 0.429. The molecule has 0 spiro atoms. The highest BCUT2D eigenvalue weighted by Gasteiger charge is 2.30. The predicted octanol–water partition coefficient (Wildman–Crippen LogP) is 2.18. The van der Waals surface area contributed by atoms with Crippen molar-refractivity contribution in [2.75, 3.05) is 40.9 Å². The van der Waals surface area contributed by atoms with Crippen LogP contribution in [0.2, 0.25) is 0 Å². The summed E-state index contributed by atoms with van der Waals surface area (Å²) in [7, 11) is 0. The van der Waals surface area contributed by atoms with Crippen LogP contribution in [0.5, 0.6) is 0 Å². The van der Waals surface area contributed by atoms with Crippen molar-refractivity contribution in [3.05, 3.63) is 30.5 Å². The van der Waals surface area contributed by atoms with Crippen molar-refractivity contribution in [2.24, 2.45) is 5.73 Å². The number of piperidine rings is 1. The molecule has 30 heavy (non-hydrogen) atoms. The summed E-state index contributed by atoms with van der Waals surface area (Å²) in [4.78, 5) is 27.6. The van der Waals surface area contributed by atoms with Crippen LogP contribution >= 0.6 is 0 Å². The topological polar surface area (TPSA) is 107 Å². The third kappa shape index (κ3) is 3.15. The van der Waals surface area contributed by atoms with E-state index in [0.29, 0.717) is 18.7 Å². The molecule has 3 aromatic rings. The maximum absolute atomic E-state index is 12.0. The van der Waals surface area contributed by atoms with E-state index in [9.17, 15) is 4.79 Å². The fourth-order valence-corrected chi connectivity index (χ4v) is 4.28. The number of nitrogens with two attached hydrogens (primary N) is 1. The van der Waals surface area contributed by atoms with E-state index in [4.69, 9.17) is 15.7 Å². The number of amides is 1. The van der Waals surface area contributed by atoms with Gasteiger partial charge in [0.1, 0.15) is 5.82 Å². The zero-order valence-corrected chi connectivity index (χ0v) is 17.3. The number of carbonyl (C=O) groups excluding carboxylic acids is 1. The van der Waals surface area contributed by atoms with E-state index in [0.717, 1.165) is 54.5 Å².